The van der Waals surface area contributed by atoms with Gasteiger partial charge >= 0.3 is 17.9 Å². The zero-order valence-electron chi connectivity index (χ0n) is 25.1. The molecule has 3 N–H and O–H groups in total. The molecule has 0 aliphatic carbocycles. The average molecular weight is 555 g/mol. The Balaban J connectivity index is 4.24. The molecule has 0 aliphatic rings. The molecule has 0 atom stereocenters. The number of rotatable bonds is 30. The molecule has 0 aromatic rings. The molecular weight excluding hydrogens is 494 g/mol. The predicted molar refractivity (Wildman–Crippen MR) is 159 cm³/mol. The van der Waals surface area contributed by atoms with E-state index in [2.05, 4.69) is 19.1 Å². The Morgan fingerprint density at radius 1 is 0.462 bits per heavy atom. The van der Waals surface area contributed by atoms with Crippen molar-refractivity contribution in [1.82, 2.24) is 0 Å². The molecule has 228 valence electrons. The third-order valence-electron chi connectivity index (χ3n) is 7.71. The van der Waals surface area contributed by atoms with Gasteiger partial charge in [-0.1, -0.05) is 96.1 Å². The van der Waals surface area contributed by atoms with Crippen LogP contribution in [0.1, 0.15) is 148 Å². The second-order valence-electron chi connectivity index (χ2n) is 11.4. The molecule has 7 nitrogen and oxygen atoms in total. The number of quaternary nitrogens is 1. The van der Waals surface area contributed by atoms with E-state index in [1.807, 2.05) is 0 Å². The number of hydrogen-bond donors (Lipinski definition) is 3. The molecule has 7 heteroatoms. The lowest BCUT2D eigenvalue weighted by Gasteiger charge is -2.39. The van der Waals surface area contributed by atoms with Crippen LogP contribution >= 0.6 is 0 Å². The monoisotopic (exact) mass is 554 g/mol. The van der Waals surface area contributed by atoms with Gasteiger partial charge in [0.15, 0.2) is 0 Å². The van der Waals surface area contributed by atoms with Crippen molar-refractivity contribution in [1.29, 1.82) is 0 Å². The first-order valence-electron chi connectivity index (χ1n) is 16.0. The van der Waals surface area contributed by atoms with E-state index in [1.54, 1.807) is 0 Å². The van der Waals surface area contributed by atoms with Crippen LogP contribution in [0.15, 0.2) is 12.2 Å². The van der Waals surface area contributed by atoms with Crippen LogP contribution in [-0.2, 0) is 14.4 Å². The minimum Gasteiger partial charge on any atom is -0.481 e. The van der Waals surface area contributed by atoms with E-state index in [0.717, 1.165) is 25.8 Å². The molecule has 0 fully saturated rings. The quantitative estimate of drug-likeness (QED) is 0.0468. The molecule has 0 heterocycles. The lowest BCUT2D eigenvalue weighted by molar-refractivity contribution is -0.928. The van der Waals surface area contributed by atoms with Gasteiger partial charge in [-0.05, 0) is 19.3 Å². The Bertz CT molecular complexity index is 598. The molecule has 0 unspecified atom stereocenters. The van der Waals surface area contributed by atoms with Crippen molar-refractivity contribution >= 4 is 17.9 Å². The summed E-state index contributed by atoms with van der Waals surface area (Å²) in [6.07, 6.45) is 27.0. The van der Waals surface area contributed by atoms with Crippen molar-refractivity contribution in [2.45, 2.75) is 148 Å². The fraction of sp³-hybridized carbons (Fsp3) is 0.844. The number of unbranched alkanes of at least 4 members (excludes halogenated alkanes) is 14. The number of carbonyl (C=O) groups is 3. The molecule has 0 aliphatic heterocycles. The minimum absolute atomic E-state index is 0.0802. The lowest BCUT2D eigenvalue weighted by Crippen LogP contribution is -2.51. The summed E-state index contributed by atoms with van der Waals surface area (Å²) < 4.78 is 0.612. The highest BCUT2D eigenvalue weighted by atomic mass is 16.4. The first kappa shape index (κ1) is 37.1. The fourth-order valence-corrected chi connectivity index (χ4v) is 5.43. The first-order valence-corrected chi connectivity index (χ1v) is 16.0. The second kappa shape index (κ2) is 26.3. The van der Waals surface area contributed by atoms with Gasteiger partial charge in [0.2, 0.25) is 0 Å². The maximum Gasteiger partial charge on any atom is 0.303 e. The third-order valence-corrected chi connectivity index (χ3v) is 7.71. The Labute approximate surface area is 238 Å². The minimum atomic E-state index is -0.833. The SMILES string of the molecule is CCCCCCCCCCCCCCC/C=C/CCC[N+](CCCC(=O)O)(CCCC(=O)O)CCCC(=O)O. The van der Waals surface area contributed by atoms with Crippen LogP contribution in [0, 0.1) is 0 Å². The van der Waals surface area contributed by atoms with Crippen molar-refractivity contribution in [2.75, 3.05) is 26.2 Å². The molecule has 0 rings (SSSR count). The molecule has 0 spiro atoms. The van der Waals surface area contributed by atoms with Gasteiger partial charge in [0, 0.05) is 25.7 Å². The Kier molecular flexibility index (Phi) is 25.1. The van der Waals surface area contributed by atoms with Gasteiger partial charge in [-0.3, -0.25) is 14.4 Å². The van der Waals surface area contributed by atoms with E-state index in [0.29, 0.717) is 43.4 Å². The summed E-state index contributed by atoms with van der Waals surface area (Å²) in [5.74, 6) is -2.50. The zero-order valence-corrected chi connectivity index (χ0v) is 25.1. The van der Waals surface area contributed by atoms with Gasteiger partial charge in [-0.25, -0.2) is 0 Å². The van der Waals surface area contributed by atoms with E-state index >= 15 is 0 Å². The summed E-state index contributed by atoms with van der Waals surface area (Å²) in [4.78, 5) is 33.2. The number of aliphatic carboxylic acids is 3. The number of hydrogen-bond acceptors (Lipinski definition) is 3. The number of allylic oxidation sites excluding steroid dienone is 2. The zero-order chi connectivity index (χ0) is 29.0. The number of carboxylic acids is 3. The maximum absolute atomic E-state index is 11.1. The summed E-state index contributed by atoms with van der Waals surface area (Å²) in [5.41, 5.74) is 0. The Morgan fingerprint density at radius 3 is 1.13 bits per heavy atom. The van der Waals surface area contributed by atoms with Crippen LogP contribution in [-0.4, -0.2) is 63.9 Å². The topological polar surface area (TPSA) is 112 Å². The molecule has 39 heavy (non-hydrogen) atoms. The highest BCUT2D eigenvalue weighted by Gasteiger charge is 2.27. The smallest absolute Gasteiger partial charge is 0.303 e. The van der Waals surface area contributed by atoms with Gasteiger partial charge in [-0.2, -0.15) is 0 Å². The molecule has 0 bridgehead atoms. The van der Waals surface area contributed by atoms with Crippen molar-refractivity contribution in [3.05, 3.63) is 12.2 Å². The molecule has 0 aromatic carbocycles. The highest BCUT2D eigenvalue weighted by Crippen LogP contribution is 2.18. The van der Waals surface area contributed by atoms with Gasteiger partial charge < -0.3 is 19.8 Å². The van der Waals surface area contributed by atoms with E-state index in [9.17, 15) is 14.4 Å². The van der Waals surface area contributed by atoms with Gasteiger partial charge in [0.1, 0.15) is 0 Å². The van der Waals surface area contributed by atoms with Gasteiger partial charge in [0.05, 0.1) is 45.4 Å². The van der Waals surface area contributed by atoms with Gasteiger partial charge in [0.25, 0.3) is 0 Å². The molecule has 0 saturated carbocycles. The number of carboxylic acid groups (broad SMARTS) is 3. The van der Waals surface area contributed by atoms with Crippen molar-refractivity contribution in [3.63, 3.8) is 0 Å². The normalized spacial score (nSPS) is 11.8. The number of nitrogens with zero attached hydrogens (tertiary/aromatic N) is 1. The van der Waals surface area contributed by atoms with Crippen LogP contribution in [0.2, 0.25) is 0 Å². The first-order chi connectivity index (χ1) is 18.8. The lowest BCUT2D eigenvalue weighted by atomic mass is 10.0. The van der Waals surface area contributed by atoms with Crippen molar-refractivity contribution < 1.29 is 34.2 Å². The van der Waals surface area contributed by atoms with Crippen LogP contribution in [0.25, 0.3) is 0 Å². The fourth-order valence-electron chi connectivity index (χ4n) is 5.43. The molecular formula is C32H60NO6+. The van der Waals surface area contributed by atoms with Crippen LogP contribution < -0.4 is 0 Å². The summed E-state index contributed by atoms with van der Waals surface area (Å²) >= 11 is 0. The van der Waals surface area contributed by atoms with Crippen molar-refractivity contribution in [3.8, 4) is 0 Å². The predicted octanol–water partition coefficient (Wildman–Crippen LogP) is 8.22. The molecule has 0 saturated heterocycles. The van der Waals surface area contributed by atoms with Crippen LogP contribution in [0.5, 0.6) is 0 Å². The van der Waals surface area contributed by atoms with E-state index < -0.39 is 17.9 Å². The average Bonchev–Trinajstić information content (AvgIpc) is 2.87. The van der Waals surface area contributed by atoms with Gasteiger partial charge in [-0.15, -0.1) is 0 Å². The van der Waals surface area contributed by atoms with E-state index in [-0.39, 0.29) is 19.3 Å². The largest absolute Gasteiger partial charge is 0.481 e. The second-order valence-corrected chi connectivity index (χ2v) is 11.4. The molecule has 0 radical (unpaired) electrons. The standard InChI is InChI=1S/C32H59NO6/c1-2-3-4-5-6-7-8-9-10-11-12-13-14-15-16-17-18-19-26-33(27-20-23-30(34)35,28-21-24-31(36)37)29-22-25-32(38)39/h16-17H,2-15,18-29H2,1H3,(H2-,34,35,36,37,38,39)/p+1/b17-16+. The van der Waals surface area contributed by atoms with Crippen LogP contribution in [0.3, 0.4) is 0 Å². The highest BCUT2D eigenvalue weighted by molar-refractivity contribution is 5.67. The summed E-state index contributed by atoms with van der Waals surface area (Å²) in [6.45, 7) is 5.03. The van der Waals surface area contributed by atoms with Crippen molar-refractivity contribution in [2.24, 2.45) is 0 Å². The van der Waals surface area contributed by atoms with E-state index in [1.165, 1.54) is 83.5 Å². The summed E-state index contributed by atoms with van der Waals surface area (Å²) in [7, 11) is 0. The summed E-state index contributed by atoms with van der Waals surface area (Å²) in [6, 6.07) is 0. The van der Waals surface area contributed by atoms with Crippen LogP contribution in [0.4, 0.5) is 0 Å². The van der Waals surface area contributed by atoms with E-state index in [4.69, 9.17) is 15.3 Å². The Hall–Kier alpha value is -1.89. The summed E-state index contributed by atoms with van der Waals surface area (Å²) in [5, 5.41) is 27.2. The Morgan fingerprint density at radius 2 is 0.769 bits per heavy atom. The molecule has 0 aromatic heterocycles. The maximum atomic E-state index is 11.1. The third kappa shape index (κ3) is 26.1. The molecule has 0 amide bonds.